The van der Waals surface area contributed by atoms with Crippen LogP contribution in [-0.4, -0.2) is 39.5 Å². The number of halogens is 2. The van der Waals surface area contributed by atoms with Crippen LogP contribution in [0.4, 0.5) is 5.69 Å². The van der Waals surface area contributed by atoms with E-state index in [1.807, 2.05) is 36.4 Å². The molecule has 2 aromatic carbocycles. The lowest BCUT2D eigenvalue weighted by molar-refractivity contribution is 0.0689. The van der Waals surface area contributed by atoms with Crippen LogP contribution in [0.2, 0.25) is 10.0 Å². The molecule has 0 amide bonds. The third kappa shape index (κ3) is 3.96. The fourth-order valence-electron chi connectivity index (χ4n) is 5.87. The van der Waals surface area contributed by atoms with Gasteiger partial charge in [0.1, 0.15) is 11.5 Å². The molecule has 192 valence electrons. The topological polar surface area (TPSA) is 92.3 Å². The van der Waals surface area contributed by atoms with Gasteiger partial charge in [0.25, 0.3) is 0 Å². The fraction of sp³-hybridized carbons (Fsp3) is 0.310. The van der Waals surface area contributed by atoms with Crippen molar-refractivity contribution < 1.29 is 14.4 Å². The molecule has 1 aliphatic heterocycles. The zero-order chi connectivity index (χ0) is 26.0. The molecule has 3 heterocycles. The Morgan fingerprint density at radius 2 is 1.76 bits per heavy atom. The van der Waals surface area contributed by atoms with Crippen molar-refractivity contribution >= 4 is 51.3 Å². The van der Waals surface area contributed by atoms with E-state index in [9.17, 15) is 4.79 Å². The third-order valence-corrected chi connectivity index (χ3v) is 8.76. The molecule has 0 unspecified atom stereocenters. The number of hydrogen-bond acceptors (Lipinski definition) is 6. The molecule has 1 N–H and O–H groups in total. The molecule has 0 radical (unpaired) electrons. The maximum atomic E-state index is 11.2. The van der Waals surface area contributed by atoms with E-state index in [1.54, 1.807) is 6.07 Å². The first-order chi connectivity index (χ1) is 18.4. The predicted octanol–water partition coefficient (Wildman–Crippen LogP) is 7.24. The van der Waals surface area contributed by atoms with Crippen molar-refractivity contribution in [3.05, 3.63) is 75.6 Å². The average Bonchev–Trinajstić information content (AvgIpc) is 3.66. The van der Waals surface area contributed by atoms with Gasteiger partial charge in [0.05, 0.1) is 15.6 Å². The lowest BCUT2D eigenvalue weighted by Crippen LogP contribution is -2.42. The molecule has 2 fully saturated rings. The molecule has 3 aliphatic rings. The van der Waals surface area contributed by atoms with Crippen LogP contribution < -0.4 is 4.90 Å². The number of carboxylic acid groups (broad SMARTS) is 1. The molecule has 2 aromatic heterocycles. The monoisotopic (exact) mass is 546 g/mol. The largest absolute Gasteiger partial charge is 0.476 e. The summed E-state index contributed by atoms with van der Waals surface area (Å²) in [6.07, 6.45) is 7.75. The second-order valence-electron chi connectivity index (χ2n) is 10.6. The molecule has 1 saturated heterocycles. The van der Waals surface area contributed by atoms with Crippen molar-refractivity contribution in [3.8, 4) is 11.3 Å². The summed E-state index contributed by atoms with van der Waals surface area (Å²) >= 11 is 13.1. The normalized spacial score (nSPS) is 18.5. The first-order valence-corrected chi connectivity index (χ1v) is 13.6. The van der Waals surface area contributed by atoms with E-state index < -0.39 is 5.97 Å². The highest BCUT2D eigenvalue weighted by Gasteiger charge is 2.44. The standard InChI is InChI=1S/C29H24Cl2N4O3/c30-20-2-1-3-21(31)25(20)26-24(27(38-34-26)16-4-5-16)18-14-29(15-18)8-10-35(11-9-29)19-7-6-17-12-23(28(36)37)33-32-22(17)13-19/h1-3,6-7,12-14,16H,4-5,8-11,15H2,(H,36,37). The number of fused-ring (bicyclic) bond motifs is 1. The molecule has 4 aromatic rings. The van der Waals surface area contributed by atoms with Gasteiger partial charge in [-0.15, -0.1) is 10.2 Å². The zero-order valence-corrected chi connectivity index (χ0v) is 22.0. The summed E-state index contributed by atoms with van der Waals surface area (Å²) in [6, 6.07) is 13.0. The highest BCUT2D eigenvalue weighted by Crippen LogP contribution is 2.56. The van der Waals surface area contributed by atoms with E-state index >= 15 is 0 Å². The number of rotatable bonds is 5. The van der Waals surface area contributed by atoms with Crippen LogP contribution in [0.3, 0.4) is 0 Å². The van der Waals surface area contributed by atoms with Gasteiger partial charge in [-0.25, -0.2) is 4.79 Å². The number of carboxylic acids is 1. The second kappa shape index (κ2) is 8.82. The van der Waals surface area contributed by atoms with Crippen molar-refractivity contribution in [2.45, 2.75) is 38.0 Å². The maximum Gasteiger partial charge on any atom is 0.356 e. The Morgan fingerprint density at radius 1 is 1.03 bits per heavy atom. The quantitative estimate of drug-likeness (QED) is 0.282. The number of allylic oxidation sites excluding steroid dienone is 2. The van der Waals surface area contributed by atoms with Crippen molar-refractivity contribution in [2.24, 2.45) is 5.41 Å². The van der Waals surface area contributed by atoms with E-state index in [-0.39, 0.29) is 11.1 Å². The highest BCUT2D eigenvalue weighted by molar-refractivity contribution is 6.39. The number of piperidine rings is 1. The van der Waals surface area contributed by atoms with Crippen LogP contribution >= 0.6 is 23.2 Å². The first-order valence-electron chi connectivity index (χ1n) is 12.8. The number of nitrogens with zero attached hydrogens (tertiary/aromatic N) is 4. The molecule has 0 bridgehead atoms. The minimum absolute atomic E-state index is 0.0460. The molecule has 38 heavy (non-hydrogen) atoms. The number of carbonyl (C=O) groups is 1. The van der Waals surface area contributed by atoms with Gasteiger partial charge < -0.3 is 14.5 Å². The number of aromatic carboxylic acids is 1. The lowest BCUT2D eigenvalue weighted by Gasteiger charge is -2.47. The van der Waals surface area contributed by atoms with E-state index in [2.05, 4.69) is 26.3 Å². The molecule has 1 saturated carbocycles. The highest BCUT2D eigenvalue weighted by atomic mass is 35.5. The fourth-order valence-corrected chi connectivity index (χ4v) is 6.45. The molecule has 7 rings (SSSR count). The average molecular weight is 547 g/mol. The molecule has 1 spiro atoms. The Labute approximate surface area is 229 Å². The van der Waals surface area contributed by atoms with E-state index in [0.29, 0.717) is 21.5 Å². The van der Waals surface area contributed by atoms with Gasteiger partial charge in [0.2, 0.25) is 0 Å². The SMILES string of the molecule is O=C(O)c1cc2ccc(N3CCC4(C=C(c5c(-c6c(Cl)cccc6Cl)noc5C5CC5)C4)CC3)cc2nn1. The van der Waals surface area contributed by atoms with Gasteiger partial charge >= 0.3 is 5.97 Å². The summed E-state index contributed by atoms with van der Waals surface area (Å²) in [7, 11) is 0. The Bertz CT molecular complexity index is 1610. The molecular weight excluding hydrogens is 523 g/mol. The van der Waals surface area contributed by atoms with Crippen LogP contribution in [0.25, 0.3) is 27.7 Å². The number of hydrogen-bond donors (Lipinski definition) is 1. The smallest absolute Gasteiger partial charge is 0.356 e. The minimum atomic E-state index is -1.07. The summed E-state index contributed by atoms with van der Waals surface area (Å²) in [5, 5.41) is 23.5. The number of aromatic nitrogens is 3. The van der Waals surface area contributed by atoms with E-state index in [1.165, 1.54) is 5.57 Å². The van der Waals surface area contributed by atoms with Gasteiger partial charge in [-0.05, 0) is 73.4 Å². The van der Waals surface area contributed by atoms with E-state index in [0.717, 1.165) is 78.8 Å². The summed E-state index contributed by atoms with van der Waals surface area (Å²) in [5.41, 5.74) is 5.77. The van der Waals surface area contributed by atoms with Crippen LogP contribution in [0.1, 0.15) is 59.8 Å². The van der Waals surface area contributed by atoms with Crippen LogP contribution in [0.15, 0.2) is 53.1 Å². The number of benzene rings is 2. The van der Waals surface area contributed by atoms with Gasteiger partial charge in [0.15, 0.2) is 5.69 Å². The second-order valence-corrected chi connectivity index (χ2v) is 11.4. The van der Waals surface area contributed by atoms with Gasteiger partial charge in [-0.2, -0.15) is 0 Å². The molecule has 0 atom stereocenters. The first kappa shape index (κ1) is 23.7. The Hall–Kier alpha value is -3.42. The predicted molar refractivity (Wildman–Crippen MR) is 147 cm³/mol. The summed E-state index contributed by atoms with van der Waals surface area (Å²) in [6.45, 7) is 1.86. The molecular formula is C29H24Cl2N4O3. The van der Waals surface area contributed by atoms with Crippen molar-refractivity contribution in [3.63, 3.8) is 0 Å². The van der Waals surface area contributed by atoms with E-state index in [4.69, 9.17) is 32.8 Å². The number of anilines is 1. The summed E-state index contributed by atoms with van der Waals surface area (Å²) in [5.74, 6) is 0.322. The Morgan fingerprint density at radius 3 is 2.45 bits per heavy atom. The van der Waals surface area contributed by atoms with Crippen molar-refractivity contribution in [2.75, 3.05) is 18.0 Å². The third-order valence-electron chi connectivity index (χ3n) is 8.13. The molecule has 7 nitrogen and oxygen atoms in total. The zero-order valence-electron chi connectivity index (χ0n) is 20.5. The van der Waals surface area contributed by atoms with Crippen molar-refractivity contribution in [1.29, 1.82) is 0 Å². The summed E-state index contributed by atoms with van der Waals surface area (Å²) in [4.78, 5) is 13.6. The van der Waals surface area contributed by atoms with Gasteiger partial charge in [-0.3, -0.25) is 0 Å². The van der Waals surface area contributed by atoms with Crippen LogP contribution in [-0.2, 0) is 0 Å². The molecule has 2 aliphatic carbocycles. The lowest BCUT2D eigenvalue weighted by atomic mass is 9.63. The summed E-state index contributed by atoms with van der Waals surface area (Å²) < 4.78 is 5.89. The Balaban J connectivity index is 1.13. The van der Waals surface area contributed by atoms with Crippen LogP contribution in [0.5, 0.6) is 0 Å². The van der Waals surface area contributed by atoms with Gasteiger partial charge in [-0.1, -0.05) is 46.6 Å². The van der Waals surface area contributed by atoms with Crippen LogP contribution in [0, 0.1) is 5.41 Å². The molecule has 9 heteroatoms. The van der Waals surface area contributed by atoms with Gasteiger partial charge in [0, 0.05) is 41.2 Å². The Kier molecular flexibility index (Phi) is 5.49. The maximum absolute atomic E-state index is 11.2. The van der Waals surface area contributed by atoms with Crippen molar-refractivity contribution in [1.82, 2.24) is 15.4 Å². The minimum Gasteiger partial charge on any atom is -0.476 e.